The average Bonchev–Trinajstić information content (AvgIpc) is 2.65. The monoisotopic (exact) mass is 261 g/mol. The third-order valence-corrected chi connectivity index (χ3v) is 5.52. The van der Waals surface area contributed by atoms with Crippen molar-refractivity contribution < 1.29 is 13.5 Å². The Kier molecular flexibility index (Phi) is 3.61. The first-order valence-electron chi connectivity index (χ1n) is 5.36. The van der Waals surface area contributed by atoms with Crippen molar-refractivity contribution in [3.63, 3.8) is 0 Å². The molecule has 1 aromatic rings. The molecule has 0 aliphatic carbocycles. The Morgan fingerprint density at radius 2 is 2.38 bits per heavy atom. The first kappa shape index (κ1) is 12.0. The molecule has 1 atom stereocenters. The van der Waals surface area contributed by atoms with E-state index in [4.69, 9.17) is 5.11 Å². The van der Waals surface area contributed by atoms with Gasteiger partial charge in [0, 0.05) is 24.3 Å². The van der Waals surface area contributed by atoms with Crippen LogP contribution >= 0.6 is 11.3 Å². The van der Waals surface area contributed by atoms with Gasteiger partial charge in [-0.3, -0.25) is 0 Å². The Labute approximate surface area is 99.3 Å². The number of rotatable bonds is 3. The number of aromatic nitrogens is 1. The van der Waals surface area contributed by atoms with Crippen LogP contribution in [0.2, 0.25) is 0 Å². The zero-order valence-corrected chi connectivity index (χ0v) is 10.6. The van der Waals surface area contributed by atoms with Gasteiger partial charge in [-0.05, 0) is 12.8 Å². The van der Waals surface area contributed by atoms with E-state index in [2.05, 4.69) is 4.98 Å². The molecule has 1 aromatic heterocycles. The number of nitrogens with zero attached hydrogens (tertiary/aromatic N) is 1. The van der Waals surface area contributed by atoms with E-state index in [0.29, 0.717) is 12.2 Å². The zero-order valence-electron chi connectivity index (χ0n) is 8.92. The summed E-state index contributed by atoms with van der Waals surface area (Å²) in [4.78, 5) is 4.38. The molecule has 0 saturated carbocycles. The van der Waals surface area contributed by atoms with E-state index in [0.717, 1.165) is 23.5 Å². The Hall–Kier alpha value is -0.460. The van der Waals surface area contributed by atoms with Gasteiger partial charge >= 0.3 is 0 Å². The lowest BCUT2D eigenvalue weighted by Crippen LogP contribution is -2.23. The van der Waals surface area contributed by atoms with Gasteiger partial charge in [-0.25, -0.2) is 13.4 Å². The number of sulfone groups is 1. The van der Waals surface area contributed by atoms with Crippen molar-refractivity contribution in [2.24, 2.45) is 0 Å². The SMILES string of the molecule is O=S1(=O)CCCC(c2csc(CCO)n2)C1. The molecule has 0 aromatic carbocycles. The summed E-state index contributed by atoms with van der Waals surface area (Å²) in [6.45, 7) is 0.0932. The van der Waals surface area contributed by atoms with Crippen LogP contribution in [0.4, 0.5) is 0 Å². The molecule has 2 rings (SSSR count). The molecular formula is C10H15NO3S2. The quantitative estimate of drug-likeness (QED) is 0.880. The number of aliphatic hydroxyl groups is 1. The summed E-state index contributed by atoms with van der Waals surface area (Å²) in [5, 5.41) is 11.6. The van der Waals surface area contributed by atoms with Gasteiger partial charge in [0.2, 0.25) is 0 Å². The molecule has 1 aliphatic heterocycles. The van der Waals surface area contributed by atoms with Gasteiger partial charge in [-0.2, -0.15) is 0 Å². The molecule has 0 radical (unpaired) electrons. The third-order valence-electron chi connectivity index (χ3n) is 2.78. The average molecular weight is 261 g/mol. The molecule has 1 unspecified atom stereocenters. The van der Waals surface area contributed by atoms with Crippen molar-refractivity contribution in [2.45, 2.75) is 25.2 Å². The van der Waals surface area contributed by atoms with E-state index in [1.54, 1.807) is 0 Å². The minimum absolute atomic E-state index is 0.0578. The third kappa shape index (κ3) is 2.81. The van der Waals surface area contributed by atoms with Gasteiger partial charge in [0.15, 0.2) is 9.84 Å². The molecule has 0 bridgehead atoms. The van der Waals surface area contributed by atoms with Crippen molar-refractivity contribution in [1.29, 1.82) is 0 Å². The highest BCUT2D eigenvalue weighted by atomic mass is 32.2. The molecule has 0 spiro atoms. The first-order chi connectivity index (χ1) is 7.61. The lowest BCUT2D eigenvalue weighted by Gasteiger charge is -2.19. The summed E-state index contributed by atoms with van der Waals surface area (Å²) in [5.41, 5.74) is 0.886. The predicted molar refractivity (Wildman–Crippen MR) is 63.5 cm³/mol. The van der Waals surface area contributed by atoms with E-state index in [1.807, 2.05) is 5.38 Å². The fraction of sp³-hybridized carbons (Fsp3) is 0.700. The van der Waals surface area contributed by atoms with Gasteiger partial charge < -0.3 is 5.11 Å². The fourth-order valence-corrected chi connectivity index (χ4v) is 4.57. The lowest BCUT2D eigenvalue weighted by molar-refractivity contribution is 0.299. The summed E-state index contributed by atoms with van der Waals surface area (Å²) in [5.74, 6) is 0.606. The second kappa shape index (κ2) is 4.81. The Morgan fingerprint density at radius 3 is 3.06 bits per heavy atom. The van der Waals surface area contributed by atoms with E-state index in [1.165, 1.54) is 11.3 Å². The maximum absolute atomic E-state index is 11.5. The van der Waals surface area contributed by atoms with Crippen LogP contribution in [0.15, 0.2) is 5.38 Å². The van der Waals surface area contributed by atoms with E-state index >= 15 is 0 Å². The van der Waals surface area contributed by atoms with Crippen molar-refractivity contribution in [2.75, 3.05) is 18.1 Å². The Morgan fingerprint density at radius 1 is 1.56 bits per heavy atom. The molecule has 90 valence electrons. The summed E-state index contributed by atoms with van der Waals surface area (Å²) in [7, 11) is -2.87. The maximum Gasteiger partial charge on any atom is 0.150 e. The van der Waals surface area contributed by atoms with Gasteiger partial charge in [0.25, 0.3) is 0 Å². The van der Waals surface area contributed by atoms with Crippen LogP contribution in [0.5, 0.6) is 0 Å². The van der Waals surface area contributed by atoms with Crippen molar-refractivity contribution in [3.05, 3.63) is 16.1 Å². The molecule has 0 amide bonds. The normalized spacial score (nSPS) is 24.4. The van der Waals surface area contributed by atoms with Crippen LogP contribution < -0.4 is 0 Å². The van der Waals surface area contributed by atoms with E-state index in [9.17, 15) is 8.42 Å². The minimum Gasteiger partial charge on any atom is -0.396 e. The summed E-state index contributed by atoms with van der Waals surface area (Å²) >= 11 is 1.50. The first-order valence-corrected chi connectivity index (χ1v) is 8.06. The van der Waals surface area contributed by atoms with Crippen molar-refractivity contribution in [1.82, 2.24) is 4.98 Å². The number of hydrogen-bond acceptors (Lipinski definition) is 5. The second-order valence-electron chi connectivity index (χ2n) is 4.09. The highest BCUT2D eigenvalue weighted by Crippen LogP contribution is 2.29. The molecule has 4 nitrogen and oxygen atoms in total. The minimum atomic E-state index is -2.87. The van der Waals surface area contributed by atoms with Crippen molar-refractivity contribution in [3.8, 4) is 0 Å². The van der Waals surface area contributed by atoms with Crippen LogP contribution in [0, 0.1) is 0 Å². The Balaban J connectivity index is 2.11. The van der Waals surface area contributed by atoms with E-state index < -0.39 is 9.84 Å². The number of thiazole rings is 1. The summed E-state index contributed by atoms with van der Waals surface area (Å²) < 4.78 is 23.0. The largest absolute Gasteiger partial charge is 0.396 e. The van der Waals surface area contributed by atoms with Crippen LogP contribution in [-0.2, 0) is 16.3 Å². The molecule has 2 heterocycles. The number of hydrogen-bond donors (Lipinski definition) is 1. The smallest absolute Gasteiger partial charge is 0.150 e. The van der Waals surface area contributed by atoms with Gasteiger partial charge in [-0.15, -0.1) is 11.3 Å². The molecule has 1 fully saturated rings. The van der Waals surface area contributed by atoms with Crippen LogP contribution in [-0.4, -0.2) is 36.6 Å². The zero-order chi connectivity index (χ0) is 11.6. The lowest BCUT2D eigenvalue weighted by atomic mass is 10.0. The van der Waals surface area contributed by atoms with Crippen LogP contribution in [0.1, 0.15) is 29.5 Å². The molecule has 1 N–H and O–H groups in total. The predicted octanol–water partition coefficient (Wildman–Crippen LogP) is 0.970. The second-order valence-corrected chi connectivity index (χ2v) is 7.26. The molecule has 1 aliphatic rings. The van der Waals surface area contributed by atoms with Gasteiger partial charge in [0.05, 0.1) is 22.2 Å². The molecule has 6 heteroatoms. The molecular weight excluding hydrogens is 246 g/mol. The van der Waals surface area contributed by atoms with Gasteiger partial charge in [0.1, 0.15) is 0 Å². The van der Waals surface area contributed by atoms with E-state index in [-0.39, 0.29) is 18.3 Å². The number of aliphatic hydroxyl groups excluding tert-OH is 1. The Bertz CT molecular complexity index is 452. The van der Waals surface area contributed by atoms with Crippen molar-refractivity contribution >= 4 is 21.2 Å². The maximum atomic E-state index is 11.5. The van der Waals surface area contributed by atoms with Crippen LogP contribution in [0.25, 0.3) is 0 Å². The fourth-order valence-electron chi connectivity index (χ4n) is 1.98. The molecule has 1 saturated heterocycles. The standard InChI is InChI=1S/C10H15NO3S2/c12-4-3-10-11-9(6-15-10)8-2-1-5-16(13,14)7-8/h6,8,12H,1-5,7H2. The highest BCUT2D eigenvalue weighted by Gasteiger charge is 2.27. The molecule has 16 heavy (non-hydrogen) atoms. The van der Waals surface area contributed by atoms with Gasteiger partial charge in [-0.1, -0.05) is 0 Å². The highest BCUT2D eigenvalue weighted by molar-refractivity contribution is 7.91. The van der Waals surface area contributed by atoms with Crippen LogP contribution in [0.3, 0.4) is 0 Å². The summed E-state index contributed by atoms with van der Waals surface area (Å²) in [6, 6.07) is 0. The summed E-state index contributed by atoms with van der Waals surface area (Å²) in [6.07, 6.45) is 2.20. The topological polar surface area (TPSA) is 67.3 Å².